The predicted molar refractivity (Wildman–Crippen MR) is 105 cm³/mol. The molecule has 0 atom stereocenters. The molecule has 1 N–H and O–H groups in total. The fraction of sp³-hybridized carbons (Fsp3) is 0.158. The zero-order chi connectivity index (χ0) is 19.3. The molecule has 0 bridgehead atoms. The number of thiazole rings is 1. The van der Waals surface area contributed by atoms with E-state index in [2.05, 4.69) is 10.3 Å². The van der Waals surface area contributed by atoms with E-state index in [1.807, 2.05) is 6.92 Å². The van der Waals surface area contributed by atoms with Crippen molar-refractivity contribution < 1.29 is 17.9 Å². The van der Waals surface area contributed by atoms with Gasteiger partial charge in [-0.25, -0.2) is 13.4 Å². The van der Waals surface area contributed by atoms with Crippen molar-refractivity contribution in [1.82, 2.24) is 4.98 Å². The summed E-state index contributed by atoms with van der Waals surface area (Å²) in [5.74, 6) is 0.0376. The molecule has 0 aliphatic carbocycles. The molecule has 3 rings (SSSR count). The van der Waals surface area contributed by atoms with E-state index in [0.717, 1.165) is 0 Å². The lowest BCUT2D eigenvalue weighted by atomic mass is 10.2. The third-order valence-electron chi connectivity index (χ3n) is 3.70. The summed E-state index contributed by atoms with van der Waals surface area (Å²) in [5.41, 5.74) is 0.916. The minimum absolute atomic E-state index is 0.141. The molecule has 2 aromatic carbocycles. The first-order chi connectivity index (χ1) is 13.0. The number of carbonyl (C=O) groups excluding carboxylic acids is 1. The average molecular weight is 402 g/mol. The molecule has 8 heteroatoms. The van der Waals surface area contributed by atoms with E-state index >= 15 is 0 Å². The molecule has 1 aromatic heterocycles. The fourth-order valence-corrected chi connectivity index (χ4v) is 4.70. The second kappa shape index (κ2) is 8.32. The number of anilines is 1. The highest BCUT2D eigenvalue weighted by Gasteiger charge is 2.17. The number of benzene rings is 2. The summed E-state index contributed by atoms with van der Waals surface area (Å²) in [6.45, 7) is 2.30. The summed E-state index contributed by atoms with van der Waals surface area (Å²) in [5, 5.41) is 5.04. The van der Waals surface area contributed by atoms with Crippen molar-refractivity contribution in [3.8, 4) is 5.75 Å². The minimum Gasteiger partial charge on any atom is -0.493 e. The number of amides is 1. The van der Waals surface area contributed by atoms with Gasteiger partial charge in [-0.2, -0.15) is 0 Å². The SMILES string of the molecule is CCOc1ccccc1C(=O)Nc1ccc(S(=O)(=O)Cc2nccs2)cc1. The summed E-state index contributed by atoms with van der Waals surface area (Å²) in [7, 11) is -3.48. The lowest BCUT2D eigenvalue weighted by Gasteiger charge is -2.11. The molecule has 27 heavy (non-hydrogen) atoms. The van der Waals surface area contributed by atoms with Gasteiger partial charge in [0.2, 0.25) is 0 Å². The van der Waals surface area contributed by atoms with Gasteiger partial charge in [0.25, 0.3) is 5.91 Å². The van der Waals surface area contributed by atoms with Crippen molar-refractivity contribution >= 4 is 32.8 Å². The zero-order valence-corrected chi connectivity index (χ0v) is 16.2. The van der Waals surface area contributed by atoms with Gasteiger partial charge in [-0.1, -0.05) is 12.1 Å². The Morgan fingerprint density at radius 3 is 2.56 bits per heavy atom. The first-order valence-electron chi connectivity index (χ1n) is 8.24. The van der Waals surface area contributed by atoms with Crippen LogP contribution in [0.3, 0.4) is 0 Å². The largest absolute Gasteiger partial charge is 0.493 e. The Bertz CT molecular complexity index is 1010. The molecule has 0 radical (unpaired) electrons. The number of nitrogens with one attached hydrogen (secondary N) is 1. The van der Waals surface area contributed by atoms with Crippen LogP contribution < -0.4 is 10.1 Å². The number of aromatic nitrogens is 1. The first-order valence-corrected chi connectivity index (χ1v) is 10.8. The van der Waals surface area contributed by atoms with Gasteiger partial charge in [0.1, 0.15) is 16.5 Å². The molecule has 3 aromatic rings. The molecule has 140 valence electrons. The van der Waals surface area contributed by atoms with Crippen molar-refractivity contribution in [3.63, 3.8) is 0 Å². The highest BCUT2D eigenvalue weighted by molar-refractivity contribution is 7.90. The third kappa shape index (κ3) is 4.72. The van der Waals surface area contributed by atoms with Gasteiger partial charge in [0.05, 0.1) is 17.1 Å². The van der Waals surface area contributed by atoms with Gasteiger partial charge >= 0.3 is 0 Å². The van der Waals surface area contributed by atoms with Crippen LogP contribution >= 0.6 is 11.3 Å². The molecule has 0 spiro atoms. The van der Waals surface area contributed by atoms with Crippen LogP contribution in [0.2, 0.25) is 0 Å². The molecular formula is C19H18N2O4S2. The van der Waals surface area contributed by atoms with Gasteiger partial charge in [-0.05, 0) is 43.3 Å². The molecule has 0 unspecified atom stereocenters. The Kier molecular flexibility index (Phi) is 5.88. The average Bonchev–Trinajstić information content (AvgIpc) is 3.15. The highest BCUT2D eigenvalue weighted by atomic mass is 32.2. The van der Waals surface area contributed by atoms with Gasteiger partial charge in [-0.3, -0.25) is 4.79 Å². The highest BCUT2D eigenvalue weighted by Crippen LogP contribution is 2.22. The van der Waals surface area contributed by atoms with Gasteiger partial charge in [0, 0.05) is 17.3 Å². The maximum absolute atomic E-state index is 12.5. The Balaban J connectivity index is 1.73. The van der Waals surface area contributed by atoms with Gasteiger partial charge in [0.15, 0.2) is 9.84 Å². The summed E-state index contributed by atoms with van der Waals surface area (Å²) in [4.78, 5) is 16.7. The van der Waals surface area contributed by atoms with Crippen molar-refractivity contribution in [2.45, 2.75) is 17.6 Å². The Hall–Kier alpha value is -2.71. The van der Waals surface area contributed by atoms with E-state index < -0.39 is 9.84 Å². The zero-order valence-electron chi connectivity index (χ0n) is 14.6. The van der Waals surface area contributed by atoms with Crippen LogP contribution in [0.4, 0.5) is 5.69 Å². The molecule has 1 heterocycles. The van der Waals surface area contributed by atoms with E-state index in [1.165, 1.54) is 23.5 Å². The molecule has 0 aliphatic heterocycles. The summed E-state index contributed by atoms with van der Waals surface area (Å²) in [6.07, 6.45) is 1.58. The van der Waals surface area contributed by atoms with Crippen molar-refractivity contribution in [2.75, 3.05) is 11.9 Å². The Labute approximate surface area is 161 Å². The monoisotopic (exact) mass is 402 g/mol. The molecule has 0 aliphatic rings. The number of hydrogen-bond donors (Lipinski definition) is 1. The van der Waals surface area contributed by atoms with Gasteiger partial charge in [-0.15, -0.1) is 11.3 Å². The van der Waals surface area contributed by atoms with E-state index in [9.17, 15) is 13.2 Å². The molecule has 0 fully saturated rings. The topological polar surface area (TPSA) is 85.4 Å². The maximum Gasteiger partial charge on any atom is 0.259 e. The molecule has 6 nitrogen and oxygen atoms in total. The maximum atomic E-state index is 12.5. The van der Waals surface area contributed by atoms with Crippen LogP contribution in [0.1, 0.15) is 22.3 Å². The van der Waals surface area contributed by atoms with Crippen LogP contribution in [0.15, 0.2) is 65.0 Å². The number of nitrogens with zero attached hydrogens (tertiary/aromatic N) is 1. The first kappa shape index (κ1) is 19.1. The Morgan fingerprint density at radius 2 is 1.89 bits per heavy atom. The quantitative estimate of drug-likeness (QED) is 0.650. The van der Waals surface area contributed by atoms with Crippen LogP contribution in [-0.4, -0.2) is 25.9 Å². The number of para-hydroxylation sites is 1. The second-order valence-electron chi connectivity index (χ2n) is 5.59. The Morgan fingerprint density at radius 1 is 1.15 bits per heavy atom. The fourth-order valence-electron chi connectivity index (χ4n) is 2.45. The van der Waals surface area contributed by atoms with E-state index in [-0.39, 0.29) is 16.6 Å². The van der Waals surface area contributed by atoms with Crippen LogP contribution in [-0.2, 0) is 15.6 Å². The van der Waals surface area contributed by atoms with Crippen molar-refractivity contribution in [3.05, 3.63) is 70.7 Å². The number of hydrogen-bond acceptors (Lipinski definition) is 6. The van der Waals surface area contributed by atoms with E-state index in [1.54, 1.807) is 48.0 Å². The molecule has 0 saturated carbocycles. The van der Waals surface area contributed by atoms with Crippen LogP contribution in [0.25, 0.3) is 0 Å². The summed E-state index contributed by atoms with van der Waals surface area (Å²) in [6, 6.07) is 13.0. The lowest BCUT2D eigenvalue weighted by molar-refractivity contribution is 0.102. The predicted octanol–water partition coefficient (Wildman–Crippen LogP) is 3.77. The number of sulfone groups is 1. The van der Waals surface area contributed by atoms with E-state index in [4.69, 9.17) is 4.74 Å². The number of rotatable bonds is 7. The van der Waals surface area contributed by atoms with Crippen molar-refractivity contribution in [2.24, 2.45) is 0 Å². The number of ether oxygens (including phenoxy) is 1. The minimum atomic E-state index is -3.48. The van der Waals surface area contributed by atoms with Crippen LogP contribution in [0.5, 0.6) is 5.75 Å². The lowest BCUT2D eigenvalue weighted by Crippen LogP contribution is -2.14. The third-order valence-corrected chi connectivity index (χ3v) is 6.31. The second-order valence-corrected chi connectivity index (χ2v) is 8.56. The molecule has 0 saturated heterocycles. The standard InChI is InChI=1S/C19H18N2O4S2/c1-2-25-17-6-4-3-5-16(17)19(22)21-14-7-9-15(10-8-14)27(23,24)13-18-20-11-12-26-18/h3-12H,2,13H2,1H3,(H,21,22). The van der Waals surface area contributed by atoms with E-state index in [0.29, 0.717) is 28.6 Å². The summed E-state index contributed by atoms with van der Waals surface area (Å²) >= 11 is 1.30. The van der Waals surface area contributed by atoms with Crippen LogP contribution in [0, 0.1) is 0 Å². The number of carbonyl (C=O) groups is 1. The molecule has 1 amide bonds. The van der Waals surface area contributed by atoms with Crippen molar-refractivity contribution in [1.29, 1.82) is 0 Å². The smallest absolute Gasteiger partial charge is 0.259 e. The molecular weight excluding hydrogens is 384 g/mol. The summed E-state index contributed by atoms with van der Waals surface area (Å²) < 4.78 is 30.3. The normalized spacial score (nSPS) is 11.1. The van der Waals surface area contributed by atoms with Gasteiger partial charge < -0.3 is 10.1 Å².